The van der Waals surface area contributed by atoms with Gasteiger partial charge in [0, 0.05) is 0 Å². The quantitative estimate of drug-likeness (QED) is 0.530. The molecule has 6 nitrogen and oxygen atoms in total. The number of fused-ring (bicyclic) bond motifs is 2. The molecular formula is C22H22N4O2. The van der Waals surface area contributed by atoms with Gasteiger partial charge in [0.1, 0.15) is 16.9 Å². The number of hydrogen-bond acceptors (Lipinski definition) is 5. The number of carbonyl (C=O) groups excluding carboxylic acids is 1. The van der Waals surface area contributed by atoms with Crippen LogP contribution in [0.2, 0.25) is 0 Å². The zero-order valence-electron chi connectivity index (χ0n) is 15.9. The van der Waals surface area contributed by atoms with Crippen LogP contribution in [0.1, 0.15) is 36.2 Å². The number of carbonyl (C=O) groups is 1. The Balaban J connectivity index is 1.93. The van der Waals surface area contributed by atoms with Gasteiger partial charge < -0.3 is 15.0 Å². The van der Waals surface area contributed by atoms with E-state index in [0.29, 0.717) is 29.0 Å². The van der Waals surface area contributed by atoms with Gasteiger partial charge in [-0.05, 0) is 31.0 Å². The highest BCUT2D eigenvalue weighted by molar-refractivity contribution is 6.08. The minimum Gasteiger partial charge on any atom is -0.459 e. The van der Waals surface area contributed by atoms with Crippen LogP contribution in [-0.4, -0.2) is 26.6 Å². The summed E-state index contributed by atoms with van der Waals surface area (Å²) < 4.78 is 7.38. The van der Waals surface area contributed by atoms with Crippen molar-refractivity contribution in [1.82, 2.24) is 14.5 Å². The average Bonchev–Trinajstić information content (AvgIpc) is 2.97. The minimum absolute atomic E-state index is 0.201. The smallest absolute Gasteiger partial charge is 0.344 e. The number of hydrogen-bond donors (Lipinski definition) is 1. The highest BCUT2D eigenvalue weighted by atomic mass is 16.5. The molecular weight excluding hydrogens is 352 g/mol. The maximum atomic E-state index is 12.9. The number of anilines is 1. The van der Waals surface area contributed by atoms with Crippen molar-refractivity contribution in [3.8, 4) is 0 Å². The van der Waals surface area contributed by atoms with E-state index in [0.717, 1.165) is 17.5 Å². The standard InChI is InChI=1S/C22H22N4O2/c1-3-14(2)28-22(27)18-19-21(25-17-12-8-7-11-16(17)24-19)26(20(18)23)13-15-9-5-4-6-10-15/h4-12,14H,3,13,23H2,1-2H3/t14-/m0/s1. The first-order valence-electron chi connectivity index (χ1n) is 9.37. The maximum absolute atomic E-state index is 12.9. The van der Waals surface area contributed by atoms with Crippen LogP contribution in [0.5, 0.6) is 0 Å². The fraction of sp³-hybridized carbons (Fsp3) is 0.227. The second-order valence-corrected chi connectivity index (χ2v) is 6.84. The lowest BCUT2D eigenvalue weighted by Gasteiger charge is -2.11. The molecule has 0 aliphatic rings. The minimum atomic E-state index is -0.465. The zero-order chi connectivity index (χ0) is 19.7. The molecule has 2 heterocycles. The van der Waals surface area contributed by atoms with Crippen molar-refractivity contribution in [2.45, 2.75) is 32.9 Å². The van der Waals surface area contributed by atoms with Crippen LogP contribution in [0.15, 0.2) is 54.6 Å². The first-order chi connectivity index (χ1) is 13.6. The number of nitrogens with two attached hydrogens (primary N) is 1. The van der Waals surface area contributed by atoms with E-state index in [9.17, 15) is 4.79 Å². The SMILES string of the molecule is CC[C@H](C)OC(=O)c1c(N)n(Cc2ccccc2)c2nc3ccccc3nc12. The number of esters is 1. The highest BCUT2D eigenvalue weighted by Gasteiger charge is 2.26. The number of para-hydroxylation sites is 2. The summed E-state index contributed by atoms with van der Waals surface area (Å²) in [6, 6.07) is 17.5. The molecule has 2 aromatic carbocycles. The molecule has 0 saturated carbocycles. The molecule has 142 valence electrons. The number of rotatable bonds is 5. The number of nitrogens with zero attached hydrogens (tertiary/aromatic N) is 3. The van der Waals surface area contributed by atoms with Crippen molar-refractivity contribution >= 4 is 34.0 Å². The Kier molecular flexibility index (Phi) is 4.69. The third kappa shape index (κ3) is 3.17. The van der Waals surface area contributed by atoms with Gasteiger partial charge in [0.25, 0.3) is 0 Å². The van der Waals surface area contributed by atoms with Crippen LogP contribution in [0.4, 0.5) is 5.82 Å². The molecule has 0 bridgehead atoms. The van der Waals surface area contributed by atoms with E-state index < -0.39 is 5.97 Å². The summed E-state index contributed by atoms with van der Waals surface area (Å²) in [4.78, 5) is 22.3. The normalized spacial score (nSPS) is 12.4. The number of benzene rings is 2. The molecule has 2 aromatic heterocycles. The largest absolute Gasteiger partial charge is 0.459 e. The first kappa shape index (κ1) is 18.0. The second-order valence-electron chi connectivity index (χ2n) is 6.84. The van der Waals surface area contributed by atoms with Gasteiger partial charge in [0.15, 0.2) is 5.65 Å². The Bertz CT molecular complexity index is 1150. The Morgan fingerprint density at radius 3 is 2.39 bits per heavy atom. The molecule has 2 N–H and O–H groups in total. The van der Waals surface area contributed by atoms with Gasteiger partial charge >= 0.3 is 5.97 Å². The Morgan fingerprint density at radius 1 is 1.07 bits per heavy atom. The van der Waals surface area contributed by atoms with Crippen LogP contribution in [0, 0.1) is 0 Å². The molecule has 28 heavy (non-hydrogen) atoms. The van der Waals surface area contributed by atoms with E-state index >= 15 is 0 Å². The number of nitrogen functional groups attached to an aromatic ring is 1. The summed E-state index contributed by atoms with van der Waals surface area (Å²) in [6.45, 7) is 4.32. The van der Waals surface area contributed by atoms with E-state index in [1.54, 1.807) is 0 Å². The average molecular weight is 374 g/mol. The fourth-order valence-electron chi connectivity index (χ4n) is 3.17. The summed E-state index contributed by atoms with van der Waals surface area (Å²) in [7, 11) is 0. The summed E-state index contributed by atoms with van der Waals surface area (Å²) >= 11 is 0. The van der Waals surface area contributed by atoms with Crippen molar-refractivity contribution in [3.05, 3.63) is 65.7 Å². The van der Waals surface area contributed by atoms with E-state index in [2.05, 4.69) is 0 Å². The molecule has 0 saturated heterocycles. The molecule has 0 unspecified atom stereocenters. The Hall–Kier alpha value is -3.41. The molecule has 0 aliphatic heterocycles. The summed E-state index contributed by atoms with van der Waals surface area (Å²) in [5.41, 5.74) is 10.3. The molecule has 0 spiro atoms. The van der Waals surface area contributed by atoms with E-state index in [1.807, 2.05) is 73.0 Å². The third-order valence-corrected chi connectivity index (χ3v) is 4.86. The van der Waals surface area contributed by atoms with Gasteiger partial charge in [0.05, 0.1) is 23.7 Å². The summed E-state index contributed by atoms with van der Waals surface area (Å²) in [5.74, 6) is -0.143. The maximum Gasteiger partial charge on any atom is 0.344 e. The van der Waals surface area contributed by atoms with Gasteiger partial charge in [-0.2, -0.15) is 0 Å². The molecule has 4 aromatic rings. The molecule has 0 amide bonds. The van der Waals surface area contributed by atoms with Gasteiger partial charge in [-0.3, -0.25) is 0 Å². The van der Waals surface area contributed by atoms with Gasteiger partial charge in [-0.25, -0.2) is 14.8 Å². The van der Waals surface area contributed by atoms with Crippen LogP contribution in [0.25, 0.3) is 22.2 Å². The molecule has 4 rings (SSSR count). The molecule has 0 fully saturated rings. The van der Waals surface area contributed by atoms with Crippen LogP contribution >= 0.6 is 0 Å². The lowest BCUT2D eigenvalue weighted by Crippen LogP contribution is -2.16. The van der Waals surface area contributed by atoms with Crippen molar-refractivity contribution in [1.29, 1.82) is 0 Å². The number of aromatic nitrogens is 3. The first-order valence-corrected chi connectivity index (χ1v) is 9.37. The fourth-order valence-corrected chi connectivity index (χ4v) is 3.17. The molecule has 6 heteroatoms. The summed E-state index contributed by atoms with van der Waals surface area (Å²) in [6.07, 6.45) is 0.524. The highest BCUT2D eigenvalue weighted by Crippen LogP contribution is 2.29. The van der Waals surface area contributed by atoms with Crippen molar-refractivity contribution in [2.24, 2.45) is 0 Å². The Labute approximate surface area is 163 Å². The van der Waals surface area contributed by atoms with Crippen LogP contribution in [0.3, 0.4) is 0 Å². The third-order valence-electron chi connectivity index (χ3n) is 4.86. The molecule has 1 atom stereocenters. The predicted molar refractivity (Wildman–Crippen MR) is 110 cm³/mol. The Morgan fingerprint density at radius 2 is 1.71 bits per heavy atom. The topological polar surface area (TPSA) is 83.0 Å². The van der Waals surface area contributed by atoms with E-state index in [1.165, 1.54) is 0 Å². The lowest BCUT2D eigenvalue weighted by molar-refractivity contribution is 0.0338. The van der Waals surface area contributed by atoms with Crippen molar-refractivity contribution < 1.29 is 9.53 Å². The van der Waals surface area contributed by atoms with E-state index in [4.69, 9.17) is 20.4 Å². The lowest BCUT2D eigenvalue weighted by atomic mass is 10.2. The van der Waals surface area contributed by atoms with Crippen LogP contribution < -0.4 is 5.73 Å². The second kappa shape index (κ2) is 7.31. The van der Waals surface area contributed by atoms with Crippen LogP contribution in [-0.2, 0) is 11.3 Å². The monoisotopic (exact) mass is 374 g/mol. The van der Waals surface area contributed by atoms with E-state index in [-0.39, 0.29) is 11.7 Å². The van der Waals surface area contributed by atoms with Gasteiger partial charge in [-0.15, -0.1) is 0 Å². The molecule has 0 radical (unpaired) electrons. The predicted octanol–water partition coefficient (Wildman–Crippen LogP) is 4.17. The zero-order valence-corrected chi connectivity index (χ0v) is 15.9. The van der Waals surface area contributed by atoms with Gasteiger partial charge in [-0.1, -0.05) is 49.4 Å². The summed E-state index contributed by atoms with van der Waals surface area (Å²) in [5, 5.41) is 0. The van der Waals surface area contributed by atoms with Crippen molar-refractivity contribution in [2.75, 3.05) is 5.73 Å². The molecule has 0 aliphatic carbocycles. The number of ether oxygens (including phenoxy) is 1. The van der Waals surface area contributed by atoms with Crippen molar-refractivity contribution in [3.63, 3.8) is 0 Å². The van der Waals surface area contributed by atoms with Gasteiger partial charge in [0.2, 0.25) is 0 Å².